The number of alkyl halides is 3. The number of guanidine groups is 1. The van der Waals surface area contributed by atoms with Gasteiger partial charge in [-0.05, 0) is 18.2 Å². The number of nitrogens with two attached hydrogens (primary N) is 1. The molecule has 0 fully saturated rings. The Morgan fingerprint density at radius 3 is 2.47 bits per heavy atom. The predicted octanol–water partition coefficient (Wildman–Crippen LogP) is 2.73. The van der Waals surface area contributed by atoms with Crippen LogP contribution in [0.1, 0.15) is 5.56 Å². The SMILES string of the molecule is Cl.Cl.N=C(N)Nc1nc2cc(C(F)(F)F)ccc2[nH]1. The van der Waals surface area contributed by atoms with Crippen LogP contribution in [0, 0.1) is 5.41 Å². The van der Waals surface area contributed by atoms with Crippen LogP contribution in [0.15, 0.2) is 18.2 Å². The van der Waals surface area contributed by atoms with E-state index in [1.54, 1.807) is 0 Å². The summed E-state index contributed by atoms with van der Waals surface area (Å²) in [5, 5.41) is 9.34. The van der Waals surface area contributed by atoms with E-state index in [-0.39, 0.29) is 42.2 Å². The lowest BCUT2D eigenvalue weighted by Crippen LogP contribution is -2.21. The summed E-state index contributed by atoms with van der Waals surface area (Å²) in [4.78, 5) is 6.53. The zero-order chi connectivity index (χ0) is 12.6. The predicted molar refractivity (Wildman–Crippen MR) is 71.1 cm³/mol. The van der Waals surface area contributed by atoms with Gasteiger partial charge in [0.05, 0.1) is 16.6 Å². The Balaban J connectivity index is 0.00000162. The summed E-state index contributed by atoms with van der Waals surface area (Å²) in [6.07, 6.45) is -4.40. The molecule has 0 saturated heterocycles. The maximum atomic E-state index is 12.4. The molecule has 0 aliphatic carbocycles. The normalized spacial score (nSPS) is 10.5. The summed E-state index contributed by atoms with van der Waals surface area (Å²) in [5.41, 5.74) is 4.89. The number of H-pyrrole nitrogens is 1. The van der Waals surface area contributed by atoms with Crippen LogP contribution < -0.4 is 11.1 Å². The Morgan fingerprint density at radius 1 is 1.32 bits per heavy atom. The van der Waals surface area contributed by atoms with Gasteiger partial charge in [-0.3, -0.25) is 10.7 Å². The number of aromatic amines is 1. The molecule has 0 radical (unpaired) electrons. The van der Waals surface area contributed by atoms with E-state index in [9.17, 15) is 13.2 Å². The Kier molecular flexibility index (Phi) is 5.46. The van der Waals surface area contributed by atoms with Crippen molar-refractivity contribution in [2.45, 2.75) is 6.18 Å². The molecule has 19 heavy (non-hydrogen) atoms. The van der Waals surface area contributed by atoms with Crippen LogP contribution >= 0.6 is 24.8 Å². The molecule has 2 aromatic rings. The molecule has 10 heteroatoms. The fourth-order valence-electron chi connectivity index (χ4n) is 1.37. The maximum absolute atomic E-state index is 12.4. The summed E-state index contributed by atoms with van der Waals surface area (Å²) < 4.78 is 37.3. The van der Waals surface area contributed by atoms with Gasteiger partial charge in [-0.25, -0.2) is 4.98 Å². The number of rotatable bonds is 1. The summed E-state index contributed by atoms with van der Waals surface area (Å²) in [5.74, 6) is -0.216. The van der Waals surface area contributed by atoms with E-state index in [2.05, 4.69) is 15.3 Å². The molecule has 0 aliphatic heterocycles. The third-order valence-electron chi connectivity index (χ3n) is 2.06. The number of anilines is 1. The molecule has 1 heterocycles. The van der Waals surface area contributed by atoms with E-state index in [1.165, 1.54) is 6.07 Å². The third-order valence-corrected chi connectivity index (χ3v) is 2.06. The number of nitrogens with one attached hydrogen (secondary N) is 3. The molecule has 0 spiro atoms. The summed E-state index contributed by atoms with van der Waals surface area (Å²) in [7, 11) is 0. The van der Waals surface area contributed by atoms with Gasteiger partial charge in [0, 0.05) is 0 Å². The Hall–Kier alpha value is -1.67. The smallest absolute Gasteiger partial charge is 0.370 e. The largest absolute Gasteiger partial charge is 0.416 e. The number of nitrogens with zero attached hydrogens (tertiary/aromatic N) is 1. The highest BCUT2D eigenvalue weighted by molar-refractivity contribution is 5.90. The first-order valence-corrected chi connectivity index (χ1v) is 4.54. The number of aromatic nitrogens is 2. The molecule has 2 rings (SSSR count). The molecule has 5 N–H and O–H groups in total. The summed E-state index contributed by atoms with van der Waals surface area (Å²) >= 11 is 0. The van der Waals surface area contributed by atoms with Gasteiger partial charge < -0.3 is 10.7 Å². The lowest BCUT2D eigenvalue weighted by molar-refractivity contribution is -0.137. The number of hydrogen-bond donors (Lipinski definition) is 4. The quantitative estimate of drug-likeness (QED) is 0.482. The second-order valence-electron chi connectivity index (χ2n) is 3.35. The van der Waals surface area contributed by atoms with E-state index >= 15 is 0 Å². The van der Waals surface area contributed by atoms with Crippen molar-refractivity contribution in [3.63, 3.8) is 0 Å². The second-order valence-corrected chi connectivity index (χ2v) is 3.35. The molecule has 0 saturated carbocycles. The van der Waals surface area contributed by atoms with Gasteiger partial charge >= 0.3 is 6.18 Å². The molecule has 1 aromatic carbocycles. The van der Waals surface area contributed by atoms with Crippen molar-refractivity contribution in [1.29, 1.82) is 5.41 Å². The summed E-state index contributed by atoms with van der Waals surface area (Å²) in [6.45, 7) is 0. The van der Waals surface area contributed by atoms with Crippen molar-refractivity contribution in [3.8, 4) is 0 Å². The highest BCUT2D eigenvalue weighted by Crippen LogP contribution is 2.31. The minimum Gasteiger partial charge on any atom is -0.370 e. The minimum absolute atomic E-state index is 0. The van der Waals surface area contributed by atoms with Crippen LogP contribution in [-0.4, -0.2) is 15.9 Å². The molecular formula is C9H10Cl2F3N5. The van der Waals surface area contributed by atoms with Crippen molar-refractivity contribution in [2.75, 3.05) is 5.32 Å². The van der Waals surface area contributed by atoms with Crippen molar-refractivity contribution < 1.29 is 13.2 Å². The Labute approximate surface area is 118 Å². The first kappa shape index (κ1) is 17.3. The van der Waals surface area contributed by atoms with Gasteiger partial charge in [0.15, 0.2) is 5.96 Å². The van der Waals surface area contributed by atoms with Crippen LogP contribution in [0.4, 0.5) is 19.1 Å². The summed E-state index contributed by atoms with van der Waals surface area (Å²) in [6, 6.07) is 3.16. The van der Waals surface area contributed by atoms with Crippen molar-refractivity contribution in [1.82, 2.24) is 9.97 Å². The number of hydrogen-bond acceptors (Lipinski definition) is 2. The second kappa shape index (κ2) is 5.98. The van der Waals surface area contributed by atoms with Crippen LogP contribution in [0.25, 0.3) is 11.0 Å². The monoisotopic (exact) mass is 315 g/mol. The molecule has 0 atom stereocenters. The molecule has 0 unspecified atom stereocenters. The highest BCUT2D eigenvalue weighted by Gasteiger charge is 2.30. The van der Waals surface area contributed by atoms with Gasteiger partial charge in [-0.2, -0.15) is 13.2 Å². The van der Waals surface area contributed by atoms with Crippen LogP contribution in [0.3, 0.4) is 0 Å². The molecule has 1 aromatic heterocycles. The van der Waals surface area contributed by atoms with E-state index in [4.69, 9.17) is 11.1 Å². The molecule has 0 amide bonds. The number of imidazole rings is 1. The van der Waals surface area contributed by atoms with E-state index < -0.39 is 11.7 Å². The lowest BCUT2D eigenvalue weighted by atomic mass is 10.2. The van der Waals surface area contributed by atoms with Crippen molar-refractivity contribution in [2.24, 2.45) is 5.73 Å². The fraction of sp³-hybridized carbons (Fsp3) is 0.111. The average Bonchev–Trinajstić information content (AvgIpc) is 2.55. The van der Waals surface area contributed by atoms with E-state index in [0.717, 1.165) is 12.1 Å². The number of halogens is 5. The molecule has 106 valence electrons. The van der Waals surface area contributed by atoms with Gasteiger partial charge in [-0.15, -0.1) is 24.8 Å². The van der Waals surface area contributed by atoms with Crippen molar-refractivity contribution >= 4 is 47.8 Å². The van der Waals surface area contributed by atoms with Gasteiger partial charge in [0.2, 0.25) is 5.95 Å². The van der Waals surface area contributed by atoms with Gasteiger partial charge in [-0.1, -0.05) is 0 Å². The fourth-order valence-corrected chi connectivity index (χ4v) is 1.37. The third kappa shape index (κ3) is 3.90. The van der Waals surface area contributed by atoms with Gasteiger partial charge in [0.25, 0.3) is 0 Å². The standard InChI is InChI=1S/C9H8F3N5.2ClH/c10-9(11,12)4-1-2-5-6(3-4)16-8(15-5)17-7(13)14;;/h1-3H,(H5,13,14,15,16,17);2*1H. The molecule has 0 aliphatic rings. The van der Waals surface area contributed by atoms with E-state index in [1.807, 2.05) is 0 Å². The van der Waals surface area contributed by atoms with Crippen LogP contribution in [0.2, 0.25) is 0 Å². The topological polar surface area (TPSA) is 90.6 Å². The van der Waals surface area contributed by atoms with E-state index in [0.29, 0.717) is 5.52 Å². The van der Waals surface area contributed by atoms with Crippen LogP contribution in [-0.2, 0) is 6.18 Å². The first-order chi connectivity index (χ1) is 7.86. The lowest BCUT2D eigenvalue weighted by Gasteiger charge is -2.04. The van der Waals surface area contributed by atoms with Gasteiger partial charge in [0.1, 0.15) is 0 Å². The maximum Gasteiger partial charge on any atom is 0.416 e. The number of fused-ring (bicyclic) bond motifs is 1. The average molecular weight is 316 g/mol. The van der Waals surface area contributed by atoms with Crippen LogP contribution in [0.5, 0.6) is 0 Å². The minimum atomic E-state index is -4.40. The van der Waals surface area contributed by atoms with Crippen molar-refractivity contribution in [3.05, 3.63) is 23.8 Å². The molecule has 5 nitrogen and oxygen atoms in total. The number of benzene rings is 1. The Morgan fingerprint density at radius 2 is 1.95 bits per heavy atom. The molecular weight excluding hydrogens is 306 g/mol. The highest BCUT2D eigenvalue weighted by atomic mass is 35.5. The Bertz CT molecular complexity index is 581. The molecule has 0 bridgehead atoms. The first-order valence-electron chi connectivity index (χ1n) is 4.54. The zero-order valence-electron chi connectivity index (χ0n) is 9.21. The zero-order valence-corrected chi connectivity index (χ0v) is 10.8.